The molecular weight excluding hydrogens is 218 g/mol. The van der Waals surface area contributed by atoms with Gasteiger partial charge in [0.05, 0.1) is 12.6 Å². The molecule has 0 bridgehead atoms. The zero-order valence-corrected chi connectivity index (χ0v) is 10.0. The molecule has 1 unspecified atom stereocenters. The van der Waals surface area contributed by atoms with Crippen molar-refractivity contribution in [2.45, 2.75) is 19.6 Å². The first-order valence-corrected chi connectivity index (χ1v) is 6.19. The lowest BCUT2D eigenvalue weighted by atomic mass is 10.2. The molecule has 0 saturated carbocycles. The molecule has 0 fully saturated rings. The van der Waals surface area contributed by atoms with Gasteiger partial charge in [-0.05, 0) is 23.9 Å². The van der Waals surface area contributed by atoms with E-state index in [1.54, 1.807) is 11.3 Å². The van der Waals surface area contributed by atoms with Crippen molar-refractivity contribution in [3.63, 3.8) is 0 Å². The Balaban J connectivity index is 1.76. The maximum Gasteiger partial charge on any atom is 0.0933 e. The summed E-state index contributed by atoms with van der Waals surface area (Å²) in [7, 11) is 0. The van der Waals surface area contributed by atoms with Crippen LogP contribution in [0.3, 0.4) is 0 Å². The summed E-state index contributed by atoms with van der Waals surface area (Å²) in [6, 6.07) is 14.5. The predicted molar refractivity (Wildman–Crippen MR) is 67.1 cm³/mol. The van der Waals surface area contributed by atoms with E-state index < -0.39 is 0 Å². The Morgan fingerprint density at radius 3 is 2.69 bits per heavy atom. The van der Waals surface area contributed by atoms with Crippen molar-refractivity contribution in [1.82, 2.24) is 5.48 Å². The molecular formula is C13H15NOS. The highest BCUT2D eigenvalue weighted by Gasteiger charge is 2.05. The van der Waals surface area contributed by atoms with Crippen molar-refractivity contribution in [2.75, 3.05) is 0 Å². The zero-order valence-electron chi connectivity index (χ0n) is 9.22. The third-order valence-electron chi connectivity index (χ3n) is 2.31. The summed E-state index contributed by atoms with van der Waals surface area (Å²) in [5, 5.41) is 2.07. The number of hydrogen-bond acceptors (Lipinski definition) is 3. The molecule has 84 valence electrons. The van der Waals surface area contributed by atoms with E-state index in [2.05, 4.69) is 42.0 Å². The lowest BCUT2D eigenvalue weighted by molar-refractivity contribution is 0.00771. The van der Waals surface area contributed by atoms with Gasteiger partial charge in [-0.15, -0.1) is 11.3 Å². The van der Waals surface area contributed by atoms with Crippen LogP contribution in [0.5, 0.6) is 0 Å². The quantitative estimate of drug-likeness (QED) is 0.798. The Hall–Kier alpha value is -1.16. The highest BCUT2D eigenvalue weighted by Crippen LogP contribution is 2.18. The number of nitrogens with one attached hydrogen (secondary N) is 1. The van der Waals surface area contributed by atoms with Gasteiger partial charge in [0, 0.05) is 4.88 Å². The van der Waals surface area contributed by atoms with Crippen molar-refractivity contribution >= 4 is 11.3 Å². The molecule has 0 aliphatic carbocycles. The third-order valence-corrected chi connectivity index (χ3v) is 3.37. The standard InChI is InChI=1S/C13H15NOS/c1-11(13-8-5-9-16-13)14-15-10-12-6-3-2-4-7-12/h2-9,11,14H,10H2,1H3. The Kier molecular flexibility index (Phi) is 4.10. The zero-order chi connectivity index (χ0) is 11.2. The Morgan fingerprint density at radius 2 is 2.00 bits per heavy atom. The molecule has 0 spiro atoms. The fourth-order valence-corrected chi connectivity index (χ4v) is 2.14. The second kappa shape index (κ2) is 5.80. The highest BCUT2D eigenvalue weighted by molar-refractivity contribution is 7.10. The Bertz CT molecular complexity index is 399. The van der Waals surface area contributed by atoms with Gasteiger partial charge < -0.3 is 0 Å². The molecule has 3 heteroatoms. The van der Waals surface area contributed by atoms with Crippen molar-refractivity contribution in [1.29, 1.82) is 0 Å². The van der Waals surface area contributed by atoms with Crippen LogP contribution < -0.4 is 5.48 Å². The molecule has 0 radical (unpaired) electrons. The van der Waals surface area contributed by atoms with Gasteiger partial charge in [-0.3, -0.25) is 4.84 Å². The van der Waals surface area contributed by atoms with E-state index in [1.165, 1.54) is 10.4 Å². The second-order valence-corrected chi connectivity index (χ2v) is 4.61. The van der Waals surface area contributed by atoms with E-state index in [-0.39, 0.29) is 6.04 Å². The Labute approximate surface area is 99.8 Å². The van der Waals surface area contributed by atoms with E-state index in [4.69, 9.17) is 4.84 Å². The minimum Gasteiger partial charge on any atom is -0.296 e. The molecule has 0 aliphatic rings. The predicted octanol–water partition coefficient (Wildman–Crippen LogP) is 3.53. The summed E-state index contributed by atoms with van der Waals surface area (Å²) in [4.78, 5) is 6.75. The van der Waals surface area contributed by atoms with Crippen LogP contribution in [0.1, 0.15) is 23.4 Å². The minimum absolute atomic E-state index is 0.240. The van der Waals surface area contributed by atoms with Crippen LogP contribution in [0.15, 0.2) is 47.8 Å². The van der Waals surface area contributed by atoms with Gasteiger partial charge >= 0.3 is 0 Å². The number of hydrogen-bond donors (Lipinski definition) is 1. The molecule has 0 saturated heterocycles. The van der Waals surface area contributed by atoms with Crippen LogP contribution in [-0.2, 0) is 11.4 Å². The van der Waals surface area contributed by atoms with Crippen molar-refractivity contribution in [2.24, 2.45) is 0 Å². The van der Waals surface area contributed by atoms with Gasteiger partial charge in [-0.2, -0.15) is 5.48 Å². The first-order valence-electron chi connectivity index (χ1n) is 5.31. The highest BCUT2D eigenvalue weighted by atomic mass is 32.1. The summed E-state index contributed by atoms with van der Waals surface area (Å²) >= 11 is 1.73. The van der Waals surface area contributed by atoms with E-state index >= 15 is 0 Å². The maximum absolute atomic E-state index is 5.46. The van der Waals surface area contributed by atoms with Gasteiger partial charge in [0.2, 0.25) is 0 Å². The summed E-state index contributed by atoms with van der Waals surface area (Å²) in [6.07, 6.45) is 0. The van der Waals surface area contributed by atoms with E-state index in [0.29, 0.717) is 6.61 Å². The fourth-order valence-electron chi connectivity index (χ4n) is 1.42. The number of hydroxylamine groups is 1. The summed E-state index contributed by atoms with van der Waals surface area (Å²) in [6.45, 7) is 2.69. The van der Waals surface area contributed by atoms with Gasteiger partial charge in [-0.25, -0.2) is 0 Å². The fraction of sp³-hybridized carbons (Fsp3) is 0.231. The lowest BCUT2D eigenvalue weighted by Crippen LogP contribution is -2.18. The topological polar surface area (TPSA) is 21.3 Å². The van der Waals surface area contributed by atoms with E-state index in [0.717, 1.165) is 0 Å². The average Bonchev–Trinajstić information content (AvgIpc) is 2.84. The molecule has 1 atom stereocenters. The van der Waals surface area contributed by atoms with E-state index in [9.17, 15) is 0 Å². The largest absolute Gasteiger partial charge is 0.296 e. The molecule has 1 N–H and O–H groups in total. The van der Waals surface area contributed by atoms with Crippen LogP contribution in [0, 0.1) is 0 Å². The minimum atomic E-state index is 0.240. The molecule has 1 aromatic carbocycles. The normalized spacial score (nSPS) is 12.6. The number of benzene rings is 1. The van der Waals surface area contributed by atoms with Crippen LogP contribution in [0.4, 0.5) is 0 Å². The second-order valence-electron chi connectivity index (χ2n) is 3.63. The first-order chi connectivity index (χ1) is 7.86. The summed E-state index contributed by atoms with van der Waals surface area (Å²) < 4.78 is 0. The number of rotatable bonds is 5. The summed E-state index contributed by atoms with van der Waals surface area (Å²) in [5.74, 6) is 0. The molecule has 1 aromatic heterocycles. The van der Waals surface area contributed by atoms with Gasteiger partial charge in [0.15, 0.2) is 0 Å². The lowest BCUT2D eigenvalue weighted by Gasteiger charge is -2.11. The van der Waals surface area contributed by atoms with Crippen molar-refractivity contribution in [3.05, 3.63) is 58.3 Å². The molecule has 16 heavy (non-hydrogen) atoms. The SMILES string of the molecule is CC(NOCc1ccccc1)c1cccs1. The van der Waals surface area contributed by atoms with Crippen LogP contribution in [0.2, 0.25) is 0 Å². The third kappa shape index (κ3) is 3.17. The first kappa shape index (κ1) is 11.3. The van der Waals surface area contributed by atoms with Crippen LogP contribution >= 0.6 is 11.3 Å². The van der Waals surface area contributed by atoms with Crippen molar-refractivity contribution < 1.29 is 4.84 Å². The van der Waals surface area contributed by atoms with Gasteiger partial charge in [0.1, 0.15) is 0 Å². The number of thiophene rings is 1. The van der Waals surface area contributed by atoms with Crippen molar-refractivity contribution in [3.8, 4) is 0 Å². The Morgan fingerprint density at radius 1 is 1.19 bits per heavy atom. The monoisotopic (exact) mass is 233 g/mol. The van der Waals surface area contributed by atoms with Crippen LogP contribution in [-0.4, -0.2) is 0 Å². The molecule has 0 aliphatic heterocycles. The van der Waals surface area contributed by atoms with E-state index in [1.807, 2.05) is 18.2 Å². The van der Waals surface area contributed by atoms with Gasteiger partial charge in [-0.1, -0.05) is 36.4 Å². The van der Waals surface area contributed by atoms with Gasteiger partial charge in [0.25, 0.3) is 0 Å². The maximum atomic E-state index is 5.46. The average molecular weight is 233 g/mol. The molecule has 2 rings (SSSR count). The smallest absolute Gasteiger partial charge is 0.0933 e. The molecule has 0 amide bonds. The molecule has 2 aromatic rings. The molecule has 1 heterocycles. The molecule has 2 nitrogen and oxygen atoms in total. The van der Waals surface area contributed by atoms with Crippen LogP contribution in [0.25, 0.3) is 0 Å². The summed E-state index contributed by atoms with van der Waals surface area (Å²) in [5.41, 5.74) is 4.22.